The van der Waals surface area contributed by atoms with Gasteiger partial charge in [-0.3, -0.25) is 4.79 Å². The van der Waals surface area contributed by atoms with Crippen molar-refractivity contribution < 1.29 is 13.9 Å². The number of nitrogens with two attached hydrogens (primary N) is 1. The van der Waals surface area contributed by atoms with Gasteiger partial charge >= 0.3 is 0 Å². The summed E-state index contributed by atoms with van der Waals surface area (Å²) in [6.07, 6.45) is 2.94. The van der Waals surface area contributed by atoms with Crippen molar-refractivity contribution >= 4 is 11.6 Å². The van der Waals surface area contributed by atoms with E-state index in [1.54, 1.807) is 0 Å². The summed E-state index contributed by atoms with van der Waals surface area (Å²) in [5.74, 6) is -0.250. The number of amides is 1. The van der Waals surface area contributed by atoms with Gasteiger partial charge in [0.05, 0.1) is 6.10 Å². The van der Waals surface area contributed by atoms with Crippen molar-refractivity contribution in [1.29, 1.82) is 0 Å². The quantitative estimate of drug-likeness (QED) is 0.899. The summed E-state index contributed by atoms with van der Waals surface area (Å²) in [6, 6.07) is 2.86. The van der Waals surface area contributed by atoms with E-state index >= 15 is 0 Å². The second-order valence-electron chi connectivity index (χ2n) is 5.87. The Morgan fingerprint density at radius 1 is 1.48 bits per heavy atom. The Morgan fingerprint density at radius 3 is 3.05 bits per heavy atom. The maximum absolute atomic E-state index is 14.4. The zero-order valence-corrected chi connectivity index (χ0v) is 12.2. The van der Waals surface area contributed by atoms with Crippen molar-refractivity contribution in [2.45, 2.75) is 44.8 Å². The minimum atomic E-state index is -0.361. The van der Waals surface area contributed by atoms with Crippen molar-refractivity contribution in [3.05, 3.63) is 29.1 Å². The van der Waals surface area contributed by atoms with E-state index < -0.39 is 0 Å². The van der Waals surface area contributed by atoms with Gasteiger partial charge in [-0.2, -0.15) is 0 Å². The summed E-state index contributed by atoms with van der Waals surface area (Å²) in [5, 5.41) is 2.71. The molecule has 2 heterocycles. The third-order valence-electron chi connectivity index (χ3n) is 4.60. The molecule has 0 aliphatic carbocycles. The normalized spacial score (nSPS) is 26.3. The Morgan fingerprint density at radius 2 is 2.29 bits per heavy atom. The molecule has 1 aromatic carbocycles. The summed E-state index contributed by atoms with van der Waals surface area (Å²) in [6.45, 7) is 2.76. The largest absolute Gasteiger partial charge is 0.378 e. The molecule has 2 aliphatic heterocycles. The highest BCUT2D eigenvalue weighted by molar-refractivity contribution is 5.93. The molecular formula is C16H21FN2O2. The molecule has 1 saturated heterocycles. The molecule has 0 radical (unpaired) electrons. The average Bonchev–Trinajstić information content (AvgIpc) is 2.94. The lowest BCUT2D eigenvalue weighted by molar-refractivity contribution is -0.116. The highest BCUT2D eigenvalue weighted by Crippen LogP contribution is 2.36. The second kappa shape index (κ2) is 5.73. The first-order valence-electron chi connectivity index (χ1n) is 7.59. The van der Waals surface area contributed by atoms with Crippen LogP contribution in [0.1, 0.15) is 43.4 Å². The first kappa shape index (κ1) is 14.5. The van der Waals surface area contributed by atoms with Crippen LogP contribution in [0.15, 0.2) is 12.1 Å². The first-order valence-corrected chi connectivity index (χ1v) is 7.59. The number of nitrogens with one attached hydrogen (secondary N) is 1. The van der Waals surface area contributed by atoms with Crippen LogP contribution in [-0.4, -0.2) is 18.6 Å². The van der Waals surface area contributed by atoms with Gasteiger partial charge in [-0.25, -0.2) is 4.39 Å². The number of carbonyl (C=O) groups excluding carboxylic acids is 1. The predicted molar refractivity (Wildman–Crippen MR) is 78.4 cm³/mol. The summed E-state index contributed by atoms with van der Waals surface area (Å²) < 4.78 is 20.0. The summed E-state index contributed by atoms with van der Waals surface area (Å²) in [4.78, 5) is 11.4. The number of rotatable bonds is 3. The van der Waals surface area contributed by atoms with Crippen molar-refractivity contribution in [2.24, 2.45) is 11.7 Å². The van der Waals surface area contributed by atoms with Crippen LogP contribution in [0.5, 0.6) is 0 Å². The van der Waals surface area contributed by atoms with E-state index in [0.717, 1.165) is 18.4 Å². The molecule has 0 saturated carbocycles. The van der Waals surface area contributed by atoms with Gasteiger partial charge in [0.15, 0.2) is 0 Å². The standard InChI is InChI=1S/C16H21FN2O2/c1-2-14-10(5-6-21-14)16(18)11-7-9-3-4-15(20)19-13(9)8-12(11)17/h7-8,10,14,16H,2-6,18H2,1H3,(H,19,20). The zero-order valence-electron chi connectivity index (χ0n) is 12.2. The van der Waals surface area contributed by atoms with Crippen LogP contribution in [0.2, 0.25) is 0 Å². The minimum absolute atomic E-state index is 0.0609. The van der Waals surface area contributed by atoms with Crippen LogP contribution in [0.25, 0.3) is 0 Å². The van der Waals surface area contributed by atoms with Gasteiger partial charge in [-0.1, -0.05) is 6.92 Å². The number of halogens is 1. The fraction of sp³-hybridized carbons (Fsp3) is 0.562. The third-order valence-corrected chi connectivity index (χ3v) is 4.60. The molecule has 0 aromatic heterocycles. The van der Waals surface area contributed by atoms with Gasteiger partial charge in [-0.05, 0) is 37.0 Å². The van der Waals surface area contributed by atoms with E-state index in [2.05, 4.69) is 12.2 Å². The van der Waals surface area contributed by atoms with Crippen molar-refractivity contribution in [3.63, 3.8) is 0 Å². The molecule has 0 spiro atoms. The maximum Gasteiger partial charge on any atom is 0.224 e. The maximum atomic E-state index is 14.4. The first-order chi connectivity index (χ1) is 10.1. The van der Waals surface area contributed by atoms with Gasteiger partial charge in [0.25, 0.3) is 0 Å². The third kappa shape index (κ3) is 2.68. The Kier molecular flexibility index (Phi) is 3.95. The number of hydrogen-bond donors (Lipinski definition) is 2. The Hall–Kier alpha value is -1.46. The molecule has 4 nitrogen and oxygen atoms in total. The second-order valence-corrected chi connectivity index (χ2v) is 5.87. The fourth-order valence-electron chi connectivity index (χ4n) is 3.40. The molecule has 3 unspecified atom stereocenters. The van der Waals surface area contributed by atoms with E-state index in [1.807, 2.05) is 6.07 Å². The summed E-state index contributed by atoms with van der Waals surface area (Å²) >= 11 is 0. The van der Waals surface area contributed by atoms with E-state index in [1.165, 1.54) is 6.07 Å². The van der Waals surface area contributed by atoms with Gasteiger partial charge in [0.2, 0.25) is 5.91 Å². The monoisotopic (exact) mass is 292 g/mol. The molecule has 3 N–H and O–H groups in total. The van der Waals surface area contributed by atoms with E-state index in [-0.39, 0.29) is 29.8 Å². The number of anilines is 1. The van der Waals surface area contributed by atoms with Crippen LogP contribution in [0.4, 0.5) is 10.1 Å². The number of fused-ring (bicyclic) bond motifs is 1. The lowest BCUT2D eigenvalue weighted by Gasteiger charge is -2.26. The fourth-order valence-corrected chi connectivity index (χ4v) is 3.40. The molecule has 0 bridgehead atoms. The molecular weight excluding hydrogens is 271 g/mol. The van der Waals surface area contributed by atoms with Crippen LogP contribution in [-0.2, 0) is 16.0 Å². The Bertz CT molecular complexity index is 561. The molecule has 1 fully saturated rings. The Balaban J connectivity index is 1.90. The molecule has 3 rings (SSSR count). The van der Waals surface area contributed by atoms with Gasteiger partial charge < -0.3 is 15.8 Å². The summed E-state index contributed by atoms with van der Waals surface area (Å²) in [5.41, 5.74) is 8.41. The number of hydrogen-bond acceptors (Lipinski definition) is 3. The highest BCUT2D eigenvalue weighted by atomic mass is 19.1. The molecule has 114 valence electrons. The van der Waals surface area contributed by atoms with Crippen molar-refractivity contribution in [2.75, 3.05) is 11.9 Å². The molecule has 2 aliphatic rings. The van der Waals surface area contributed by atoms with Gasteiger partial charge in [-0.15, -0.1) is 0 Å². The van der Waals surface area contributed by atoms with Gasteiger partial charge in [0.1, 0.15) is 5.82 Å². The lowest BCUT2D eigenvalue weighted by Crippen LogP contribution is -2.29. The smallest absolute Gasteiger partial charge is 0.224 e. The van der Waals surface area contributed by atoms with Crippen LogP contribution in [0, 0.1) is 11.7 Å². The lowest BCUT2D eigenvalue weighted by atomic mass is 9.85. The summed E-state index contributed by atoms with van der Waals surface area (Å²) in [7, 11) is 0. The minimum Gasteiger partial charge on any atom is -0.378 e. The number of aryl methyl sites for hydroxylation is 1. The Labute approximate surface area is 123 Å². The SMILES string of the molecule is CCC1OCCC1C(N)c1cc2c(cc1F)NC(=O)CC2. The molecule has 1 amide bonds. The van der Waals surface area contributed by atoms with E-state index in [0.29, 0.717) is 30.7 Å². The van der Waals surface area contributed by atoms with Gasteiger partial charge in [0, 0.05) is 36.2 Å². The van der Waals surface area contributed by atoms with Crippen molar-refractivity contribution in [3.8, 4) is 0 Å². The molecule has 21 heavy (non-hydrogen) atoms. The highest BCUT2D eigenvalue weighted by Gasteiger charge is 2.34. The average molecular weight is 292 g/mol. The van der Waals surface area contributed by atoms with Crippen LogP contribution >= 0.6 is 0 Å². The van der Waals surface area contributed by atoms with E-state index in [9.17, 15) is 9.18 Å². The molecule has 1 aromatic rings. The predicted octanol–water partition coefficient (Wildman–Crippen LogP) is 2.53. The molecule has 3 atom stereocenters. The molecule has 5 heteroatoms. The topological polar surface area (TPSA) is 64.3 Å². The number of ether oxygens (including phenoxy) is 1. The zero-order chi connectivity index (χ0) is 15.0. The number of carbonyl (C=O) groups is 1. The van der Waals surface area contributed by atoms with Crippen molar-refractivity contribution in [1.82, 2.24) is 0 Å². The van der Waals surface area contributed by atoms with Crippen LogP contribution in [0.3, 0.4) is 0 Å². The van der Waals surface area contributed by atoms with Crippen LogP contribution < -0.4 is 11.1 Å². The van der Waals surface area contributed by atoms with E-state index in [4.69, 9.17) is 10.5 Å². The number of benzene rings is 1.